The molecule has 0 spiro atoms. The van der Waals surface area contributed by atoms with Crippen molar-refractivity contribution in [1.82, 2.24) is 19.9 Å². The molecule has 0 saturated heterocycles. The van der Waals surface area contributed by atoms with E-state index in [1.165, 1.54) is 0 Å². The molecule has 5 heteroatoms. The Balaban J connectivity index is 0.00000157. The summed E-state index contributed by atoms with van der Waals surface area (Å²) in [5, 5.41) is 0. The van der Waals surface area contributed by atoms with Crippen LogP contribution in [0.2, 0.25) is 0 Å². The van der Waals surface area contributed by atoms with Crippen LogP contribution in [0.1, 0.15) is 22.8 Å². The summed E-state index contributed by atoms with van der Waals surface area (Å²) in [5.41, 5.74) is 7.86. The molecule has 25 heavy (non-hydrogen) atoms. The van der Waals surface area contributed by atoms with Crippen LogP contribution in [-0.2, 0) is 20.4 Å². The number of hydrogen-bond acceptors (Lipinski definition) is 2. The molecule has 0 amide bonds. The van der Waals surface area contributed by atoms with Crippen molar-refractivity contribution in [3.8, 4) is 0 Å². The molecule has 5 rings (SSSR count). The fraction of sp³-hybridized carbons (Fsp3) is 0. The Morgan fingerprint density at radius 1 is 0.480 bits per heavy atom. The molecule has 2 aliphatic heterocycles. The third-order valence-corrected chi connectivity index (χ3v) is 4.04. The number of H-pyrrole nitrogens is 2. The van der Waals surface area contributed by atoms with Gasteiger partial charge in [0, 0.05) is 42.5 Å². The first kappa shape index (κ1) is 15.8. The van der Waals surface area contributed by atoms with Gasteiger partial charge in [0.25, 0.3) is 0 Å². The first-order valence-corrected chi connectivity index (χ1v) is 7.85. The van der Waals surface area contributed by atoms with Crippen LogP contribution >= 0.6 is 0 Å². The van der Waals surface area contributed by atoms with Gasteiger partial charge in [-0.15, -0.1) is 0 Å². The van der Waals surface area contributed by atoms with E-state index in [4.69, 9.17) is 0 Å². The number of aromatic amines is 2. The SMILES string of the molecule is C1=Cc2cc3ccc(cc4nc(cc5ccc(cc1n2)[nH]5)C=C4)[nH]3.[Re]. The van der Waals surface area contributed by atoms with Gasteiger partial charge in [-0.2, -0.15) is 0 Å². The molecule has 0 aliphatic carbocycles. The predicted octanol–water partition coefficient (Wildman–Crippen LogP) is 4.65. The van der Waals surface area contributed by atoms with Gasteiger partial charge in [0.1, 0.15) is 0 Å². The van der Waals surface area contributed by atoms with Crippen LogP contribution in [0.25, 0.3) is 46.4 Å². The van der Waals surface area contributed by atoms with Crippen LogP contribution in [0.4, 0.5) is 0 Å². The van der Waals surface area contributed by atoms with Gasteiger partial charge < -0.3 is 9.97 Å². The first-order valence-electron chi connectivity index (χ1n) is 7.85. The predicted molar refractivity (Wildman–Crippen MR) is 98.9 cm³/mol. The average molecular weight is 497 g/mol. The minimum atomic E-state index is 0. The summed E-state index contributed by atoms with van der Waals surface area (Å²) < 4.78 is 0. The summed E-state index contributed by atoms with van der Waals surface area (Å²) in [7, 11) is 0. The second-order valence-electron chi connectivity index (χ2n) is 5.91. The van der Waals surface area contributed by atoms with Gasteiger partial charge in [-0.05, 0) is 72.8 Å². The Labute approximate surface area is 158 Å². The van der Waals surface area contributed by atoms with Crippen molar-refractivity contribution in [3.05, 3.63) is 71.3 Å². The molecule has 0 atom stereocenters. The zero-order valence-electron chi connectivity index (χ0n) is 13.2. The Morgan fingerprint density at radius 3 is 1.04 bits per heavy atom. The molecule has 3 aromatic rings. The summed E-state index contributed by atoms with van der Waals surface area (Å²) >= 11 is 0. The van der Waals surface area contributed by atoms with Crippen molar-refractivity contribution < 1.29 is 20.4 Å². The van der Waals surface area contributed by atoms with Crippen molar-refractivity contribution in [2.75, 3.05) is 0 Å². The molecule has 0 fully saturated rings. The van der Waals surface area contributed by atoms with Crippen LogP contribution < -0.4 is 0 Å². The number of fused-ring (bicyclic) bond motifs is 8. The summed E-state index contributed by atoms with van der Waals surface area (Å²) in [6, 6.07) is 16.4. The Kier molecular flexibility index (Phi) is 3.97. The smallest absolute Gasteiger partial charge is 0.0658 e. The Morgan fingerprint density at radius 2 is 0.760 bits per heavy atom. The number of nitrogens with zero attached hydrogens (tertiary/aromatic N) is 2. The van der Waals surface area contributed by atoms with Gasteiger partial charge in [0.05, 0.1) is 22.8 Å². The van der Waals surface area contributed by atoms with E-state index in [2.05, 4.69) is 44.2 Å². The van der Waals surface area contributed by atoms with Crippen LogP contribution in [0.3, 0.4) is 0 Å². The first-order chi connectivity index (χ1) is 11.8. The van der Waals surface area contributed by atoms with E-state index in [9.17, 15) is 0 Å². The van der Waals surface area contributed by atoms with Gasteiger partial charge in [0.2, 0.25) is 0 Å². The second kappa shape index (κ2) is 6.29. The molecule has 5 heterocycles. The fourth-order valence-electron chi connectivity index (χ4n) is 2.94. The largest absolute Gasteiger partial charge is 0.355 e. The van der Waals surface area contributed by atoms with E-state index in [1.807, 2.05) is 48.6 Å². The maximum Gasteiger partial charge on any atom is 0.0658 e. The Hall–Kier alpha value is -2.74. The molecular formula is C20H14N4Re. The maximum atomic E-state index is 4.63. The number of nitrogens with one attached hydrogen (secondary N) is 2. The van der Waals surface area contributed by atoms with Crippen LogP contribution in [0.15, 0.2) is 48.5 Å². The van der Waals surface area contributed by atoms with E-state index < -0.39 is 0 Å². The summed E-state index contributed by atoms with van der Waals surface area (Å²) in [6.45, 7) is 0. The van der Waals surface area contributed by atoms with Gasteiger partial charge in [-0.3, -0.25) is 0 Å². The minimum absolute atomic E-state index is 0. The summed E-state index contributed by atoms with van der Waals surface area (Å²) in [4.78, 5) is 16.0. The van der Waals surface area contributed by atoms with Gasteiger partial charge in [-0.25, -0.2) is 9.97 Å². The standard InChI is InChI=1S/C20H14N4.Re/c1-2-14-10-16-5-6-18(23-16)12-20-8-7-19(24-20)11-17-4-3-15(22-17)9-13(1)21-14;/h1-12,21,24H;. The molecule has 8 bridgehead atoms. The normalized spacial score (nSPS) is 12.2. The molecule has 0 saturated carbocycles. The molecule has 2 N–H and O–H groups in total. The van der Waals surface area contributed by atoms with Crippen LogP contribution in [0.5, 0.6) is 0 Å². The van der Waals surface area contributed by atoms with E-state index in [0.717, 1.165) is 44.8 Å². The van der Waals surface area contributed by atoms with Crippen molar-refractivity contribution in [1.29, 1.82) is 0 Å². The molecule has 1 radical (unpaired) electrons. The monoisotopic (exact) mass is 497 g/mol. The van der Waals surface area contributed by atoms with Gasteiger partial charge in [0.15, 0.2) is 0 Å². The summed E-state index contributed by atoms with van der Waals surface area (Å²) in [5.74, 6) is 0. The van der Waals surface area contributed by atoms with E-state index in [1.54, 1.807) is 0 Å². The third-order valence-electron chi connectivity index (χ3n) is 4.04. The molecule has 3 aromatic heterocycles. The fourth-order valence-corrected chi connectivity index (χ4v) is 2.94. The number of rotatable bonds is 0. The van der Waals surface area contributed by atoms with E-state index >= 15 is 0 Å². The molecule has 4 nitrogen and oxygen atoms in total. The Bertz CT molecular complexity index is 990. The third kappa shape index (κ3) is 3.25. The maximum absolute atomic E-state index is 4.63. The van der Waals surface area contributed by atoms with E-state index in [-0.39, 0.29) is 20.4 Å². The van der Waals surface area contributed by atoms with Crippen LogP contribution in [-0.4, -0.2) is 19.9 Å². The topological polar surface area (TPSA) is 57.4 Å². The zero-order valence-corrected chi connectivity index (χ0v) is 15.9. The van der Waals surface area contributed by atoms with Crippen LogP contribution in [0, 0.1) is 0 Å². The molecular weight excluding hydrogens is 482 g/mol. The average Bonchev–Trinajstić information content (AvgIpc) is 3.32. The quantitative estimate of drug-likeness (QED) is 0.328. The molecule has 0 aromatic carbocycles. The van der Waals surface area contributed by atoms with Crippen molar-refractivity contribution in [2.24, 2.45) is 0 Å². The van der Waals surface area contributed by atoms with Crippen molar-refractivity contribution in [3.63, 3.8) is 0 Å². The molecule has 121 valence electrons. The van der Waals surface area contributed by atoms with Crippen molar-refractivity contribution in [2.45, 2.75) is 0 Å². The summed E-state index contributed by atoms with van der Waals surface area (Å²) in [6.07, 6.45) is 8.09. The number of hydrogen-bond donors (Lipinski definition) is 2. The zero-order chi connectivity index (χ0) is 15.9. The molecule has 2 aliphatic rings. The number of aromatic nitrogens is 4. The van der Waals surface area contributed by atoms with Crippen molar-refractivity contribution >= 4 is 46.4 Å². The van der Waals surface area contributed by atoms with Gasteiger partial charge in [-0.1, -0.05) is 0 Å². The minimum Gasteiger partial charge on any atom is -0.355 e. The molecule has 0 unspecified atom stereocenters. The van der Waals surface area contributed by atoms with E-state index in [0.29, 0.717) is 0 Å². The van der Waals surface area contributed by atoms with Gasteiger partial charge >= 0.3 is 0 Å². The second-order valence-corrected chi connectivity index (χ2v) is 5.91.